The Morgan fingerprint density at radius 1 is 1.11 bits per heavy atom. The number of likely N-dealkylation sites (N-methyl/N-ethyl adjacent to an activating group) is 1. The molecule has 1 saturated heterocycles. The summed E-state index contributed by atoms with van der Waals surface area (Å²) in [5.74, 6) is 0.431. The first kappa shape index (κ1) is 14.4. The summed E-state index contributed by atoms with van der Waals surface area (Å²) in [4.78, 5) is 26.6. The van der Waals surface area contributed by atoms with Crippen molar-refractivity contribution in [3.63, 3.8) is 0 Å². The molecule has 2 amide bonds. The highest BCUT2D eigenvalue weighted by Crippen LogP contribution is 2.32. The average Bonchev–Trinajstić information content (AvgIpc) is 2.34. The van der Waals surface area contributed by atoms with E-state index in [1.54, 1.807) is 11.9 Å². The number of amides is 2. The van der Waals surface area contributed by atoms with Gasteiger partial charge in [0.15, 0.2) is 0 Å². The number of rotatable bonds is 1. The minimum atomic E-state index is -0.398. The standard InChI is InChI=1S/C15H26N2O2/c1-15(2,3)12-14(19)17(4)11(13(18)16-12)10-8-6-5-7-9-10/h10-12H,5-9H2,1-4H3,(H,16,18). The Kier molecular flexibility index (Phi) is 3.88. The van der Waals surface area contributed by atoms with Gasteiger partial charge in [-0.25, -0.2) is 0 Å². The molecular formula is C15H26N2O2. The maximum Gasteiger partial charge on any atom is 0.246 e. The van der Waals surface area contributed by atoms with Crippen LogP contribution in [0.25, 0.3) is 0 Å². The maximum atomic E-state index is 12.5. The molecule has 1 saturated carbocycles. The Morgan fingerprint density at radius 3 is 2.21 bits per heavy atom. The van der Waals surface area contributed by atoms with E-state index in [1.165, 1.54) is 19.3 Å². The van der Waals surface area contributed by atoms with Gasteiger partial charge < -0.3 is 10.2 Å². The number of nitrogens with zero attached hydrogens (tertiary/aromatic N) is 1. The van der Waals surface area contributed by atoms with Crippen molar-refractivity contribution < 1.29 is 9.59 Å². The maximum absolute atomic E-state index is 12.5. The molecule has 0 bridgehead atoms. The third-order valence-electron chi connectivity index (χ3n) is 4.53. The second-order valence-electron chi connectivity index (χ2n) is 7.10. The van der Waals surface area contributed by atoms with Gasteiger partial charge in [-0.1, -0.05) is 40.0 Å². The van der Waals surface area contributed by atoms with Crippen molar-refractivity contribution in [1.29, 1.82) is 0 Å². The van der Waals surface area contributed by atoms with Gasteiger partial charge in [0.2, 0.25) is 11.8 Å². The van der Waals surface area contributed by atoms with E-state index in [-0.39, 0.29) is 23.3 Å². The molecule has 1 aliphatic heterocycles. The minimum Gasteiger partial charge on any atom is -0.342 e. The van der Waals surface area contributed by atoms with Crippen LogP contribution < -0.4 is 5.32 Å². The van der Waals surface area contributed by atoms with Crippen molar-refractivity contribution in [2.75, 3.05) is 7.05 Å². The smallest absolute Gasteiger partial charge is 0.246 e. The van der Waals surface area contributed by atoms with Gasteiger partial charge in [0, 0.05) is 7.05 Å². The van der Waals surface area contributed by atoms with Crippen molar-refractivity contribution in [3.8, 4) is 0 Å². The predicted molar refractivity (Wildman–Crippen MR) is 74.5 cm³/mol. The first-order valence-electron chi connectivity index (χ1n) is 7.39. The summed E-state index contributed by atoms with van der Waals surface area (Å²) in [7, 11) is 1.79. The monoisotopic (exact) mass is 266 g/mol. The van der Waals surface area contributed by atoms with Gasteiger partial charge in [-0.15, -0.1) is 0 Å². The molecule has 0 aromatic rings. The van der Waals surface area contributed by atoms with Crippen LogP contribution in [0.2, 0.25) is 0 Å². The van der Waals surface area contributed by atoms with E-state index < -0.39 is 6.04 Å². The molecule has 1 heterocycles. The molecule has 0 radical (unpaired) electrons. The van der Waals surface area contributed by atoms with Crippen LogP contribution in [-0.2, 0) is 9.59 Å². The molecule has 4 nitrogen and oxygen atoms in total. The lowest BCUT2D eigenvalue weighted by Gasteiger charge is -2.44. The van der Waals surface area contributed by atoms with Gasteiger partial charge in [-0.3, -0.25) is 9.59 Å². The van der Waals surface area contributed by atoms with E-state index in [1.807, 2.05) is 20.8 Å². The third-order valence-corrected chi connectivity index (χ3v) is 4.53. The summed E-state index contributed by atoms with van der Waals surface area (Å²) in [5, 5.41) is 2.95. The van der Waals surface area contributed by atoms with Crippen LogP contribution in [0.15, 0.2) is 0 Å². The molecule has 1 N–H and O–H groups in total. The zero-order valence-electron chi connectivity index (χ0n) is 12.5. The van der Waals surface area contributed by atoms with E-state index >= 15 is 0 Å². The van der Waals surface area contributed by atoms with Crippen molar-refractivity contribution in [2.24, 2.45) is 11.3 Å². The average molecular weight is 266 g/mol. The molecule has 2 rings (SSSR count). The number of nitrogens with one attached hydrogen (secondary N) is 1. The highest BCUT2D eigenvalue weighted by molar-refractivity contribution is 5.97. The van der Waals surface area contributed by atoms with Crippen LogP contribution in [0.3, 0.4) is 0 Å². The predicted octanol–water partition coefficient (Wildman–Crippen LogP) is 1.94. The Morgan fingerprint density at radius 2 is 1.68 bits per heavy atom. The topological polar surface area (TPSA) is 49.4 Å². The summed E-state index contributed by atoms with van der Waals surface area (Å²) >= 11 is 0. The van der Waals surface area contributed by atoms with Crippen LogP contribution in [0, 0.1) is 11.3 Å². The largest absolute Gasteiger partial charge is 0.342 e. The SMILES string of the molecule is CN1C(=O)C(C(C)(C)C)NC(=O)C1C1CCCCC1. The fraction of sp³-hybridized carbons (Fsp3) is 0.867. The Labute approximate surface area is 115 Å². The lowest BCUT2D eigenvalue weighted by atomic mass is 9.79. The summed E-state index contributed by atoms with van der Waals surface area (Å²) in [6.07, 6.45) is 5.75. The molecule has 108 valence electrons. The zero-order valence-corrected chi connectivity index (χ0v) is 12.5. The summed E-state index contributed by atoms with van der Waals surface area (Å²) in [6.45, 7) is 5.97. The number of carbonyl (C=O) groups excluding carboxylic acids is 2. The van der Waals surface area contributed by atoms with Crippen molar-refractivity contribution in [2.45, 2.75) is 65.0 Å². The third kappa shape index (κ3) is 2.77. The summed E-state index contributed by atoms with van der Waals surface area (Å²) in [6, 6.07) is -0.656. The Bertz CT molecular complexity index is 367. The van der Waals surface area contributed by atoms with Gasteiger partial charge in [0.05, 0.1) is 0 Å². The van der Waals surface area contributed by atoms with Gasteiger partial charge >= 0.3 is 0 Å². The van der Waals surface area contributed by atoms with Crippen LogP contribution >= 0.6 is 0 Å². The minimum absolute atomic E-state index is 0.0360. The highest BCUT2D eigenvalue weighted by atomic mass is 16.2. The van der Waals surface area contributed by atoms with Crippen molar-refractivity contribution in [1.82, 2.24) is 10.2 Å². The molecular weight excluding hydrogens is 240 g/mol. The number of carbonyl (C=O) groups is 2. The normalized spacial score (nSPS) is 30.4. The second-order valence-corrected chi connectivity index (χ2v) is 7.10. The van der Waals surface area contributed by atoms with Crippen molar-refractivity contribution >= 4 is 11.8 Å². The summed E-state index contributed by atoms with van der Waals surface area (Å²) < 4.78 is 0. The Hall–Kier alpha value is -1.06. The van der Waals surface area contributed by atoms with Gasteiger partial charge in [0.1, 0.15) is 12.1 Å². The first-order chi connectivity index (χ1) is 8.82. The quantitative estimate of drug-likeness (QED) is 0.788. The molecule has 2 unspecified atom stereocenters. The number of piperazine rings is 1. The lowest BCUT2D eigenvalue weighted by Crippen LogP contribution is -2.67. The molecule has 2 fully saturated rings. The number of hydrogen-bond acceptors (Lipinski definition) is 2. The van der Waals surface area contributed by atoms with Crippen LogP contribution in [0.1, 0.15) is 52.9 Å². The lowest BCUT2D eigenvalue weighted by molar-refractivity contribution is -0.153. The molecule has 2 atom stereocenters. The number of hydrogen-bond donors (Lipinski definition) is 1. The second kappa shape index (κ2) is 5.14. The fourth-order valence-electron chi connectivity index (χ4n) is 3.37. The molecule has 19 heavy (non-hydrogen) atoms. The highest BCUT2D eigenvalue weighted by Gasteiger charge is 2.46. The first-order valence-corrected chi connectivity index (χ1v) is 7.39. The fourth-order valence-corrected chi connectivity index (χ4v) is 3.37. The van der Waals surface area contributed by atoms with Crippen LogP contribution in [-0.4, -0.2) is 35.8 Å². The van der Waals surface area contributed by atoms with E-state index in [0.29, 0.717) is 5.92 Å². The molecule has 2 aliphatic rings. The molecule has 1 aliphatic carbocycles. The molecule has 0 aromatic heterocycles. The van der Waals surface area contributed by atoms with E-state index in [0.717, 1.165) is 12.8 Å². The van der Waals surface area contributed by atoms with Gasteiger partial charge in [0.25, 0.3) is 0 Å². The zero-order chi connectivity index (χ0) is 14.2. The molecule has 0 aromatic carbocycles. The Balaban J connectivity index is 2.16. The summed E-state index contributed by atoms with van der Waals surface area (Å²) in [5.41, 5.74) is -0.238. The van der Waals surface area contributed by atoms with Crippen LogP contribution in [0.4, 0.5) is 0 Å². The molecule has 4 heteroatoms. The van der Waals surface area contributed by atoms with Gasteiger partial charge in [-0.05, 0) is 24.2 Å². The van der Waals surface area contributed by atoms with E-state index in [4.69, 9.17) is 0 Å². The van der Waals surface area contributed by atoms with Gasteiger partial charge in [-0.2, -0.15) is 0 Å². The van der Waals surface area contributed by atoms with Crippen molar-refractivity contribution in [3.05, 3.63) is 0 Å². The van der Waals surface area contributed by atoms with E-state index in [2.05, 4.69) is 5.32 Å². The van der Waals surface area contributed by atoms with Crippen LogP contribution in [0.5, 0.6) is 0 Å². The van der Waals surface area contributed by atoms with E-state index in [9.17, 15) is 9.59 Å². The molecule has 0 spiro atoms.